The molecule has 0 bridgehead atoms. The fourth-order valence-corrected chi connectivity index (χ4v) is 3.09. The molecule has 1 N–H and O–H groups in total. The van der Waals surface area contributed by atoms with Crippen molar-refractivity contribution in [3.05, 3.63) is 69.6 Å². The van der Waals surface area contributed by atoms with Crippen molar-refractivity contribution in [3.63, 3.8) is 0 Å². The van der Waals surface area contributed by atoms with Crippen molar-refractivity contribution in [3.8, 4) is 5.75 Å². The summed E-state index contributed by atoms with van der Waals surface area (Å²) in [6, 6.07) is 7.83. The van der Waals surface area contributed by atoms with Gasteiger partial charge >= 0.3 is 6.18 Å². The lowest BCUT2D eigenvalue weighted by atomic mass is 9.88. The van der Waals surface area contributed by atoms with Gasteiger partial charge in [0.25, 0.3) is 5.56 Å². The zero-order chi connectivity index (χ0) is 19.8. The second-order valence-electron chi connectivity index (χ2n) is 6.58. The highest BCUT2D eigenvalue weighted by Crippen LogP contribution is 2.43. The SMILES string of the molecule is CONCC1=C(n2ccccc2=O)c2cc(C(F)(F)F)ccc2OC1(C)C. The molecule has 1 aromatic carbocycles. The number of hydrogen-bond acceptors (Lipinski definition) is 4. The molecular formula is C19H19F3N2O3. The Morgan fingerprint density at radius 1 is 1.22 bits per heavy atom. The number of benzene rings is 1. The van der Waals surface area contributed by atoms with Crippen LogP contribution in [0.3, 0.4) is 0 Å². The highest BCUT2D eigenvalue weighted by molar-refractivity contribution is 5.77. The molecule has 27 heavy (non-hydrogen) atoms. The summed E-state index contributed by atoms with van der Waals surface area (Å²) >= 11 is 0. The third kappa shape index (κ3) is 3.63. The Hall–Kier alpha value is -2.58. The average molecular weight is 380 g/mol. The van der Waals surface area contributed by atoms with Gasteiger partial charge in [0.2, 0.25) is 0 Å². The second kappa shape index (κ2) is 6.86. The van der Waals surface area contributed by atoms with Gasteiger partial charge in [0.1, 0.15) is 11.4 Å². The Balaban J connectivity index is 2.34. The van der Waals surface area contributed by atoms with E-state index in [-0.39, 0.29) is 23.4 Å². The predicted octanol–water partition coefficient (Wildman–Crippen LogP) is 3.45. The zero-order valence-corrected chi connectivity index (χ0v) is 15.1. The van der Waals surface area contributed by atoms with Gasteiger partial charge in [-0.3, -0.25) is 9.36 Å². The average Bonchev–Trinajstić information content (AvgIpc) is 2.58. The Morgan fingerprint density at radius 3 is 2.59 bits per heavy atom. The van der Waals surface area contributed by atoms with Crippen LogP contribution in [0.15, 0.2) is 53.0 Å². The van der Waals surface area contributed by atoms with E-state index >= 15 is 0 Å². The number of ether oxygens (including phenoxy) is 1. The summed E-state index contributed by atoms with van der Waals surface area (Å²) in [4.78, 5) is 17.4. The van der Waals surface area contributed by atoms with Crippen molar-refractivity contribution in [1.82, 2.24) is 10.0 Å². The van der Waals surface area contributed by atoms with Gasteiger partial charge < -0.3 is 9.57 Å². The summed E-state index contributed by atoms with van der Waals surface area (Å²) in [6.07, 6.45) is -2.99. The summed E-state index contributed by atoms with van der Waals surface area (Å²) in [5, 5.41) is 0. The molecule has 1 aromatic heterocycles. The van der Waals surface area contributed by atoms with Crippen molar-refractivity contribution in [2.24, 2.45) is 0 Å². The highest BCUT2D eigenvalue weighted by atomic mass is 19.4. The molecule has 0 radical (unpaired) electrons. The molecule has 5 nitrogen and oxygen atoms in total. The maximum absolute atomic E-state index is 13.3. The summed E-state index contributed by atoms with van der Waals surface area (Å²) in [6.45, 7) is 3.73. The lowest BCUT2D eigenvalue weighted by Crippen LogP contribution is -2.41. The van der Waals surface area contributed by atoms with Crippen LogP contribution in [-0.2, 0) is 11.0 Å². The monoisotopic (exact) mass is 380 g/mol. The van der Waals surface area contributed by atoms with Crippen molar-refractivity contribution in [1.29, 1.82) is 0 Å². The van der Waals surface area contributed by atoms with Crippen LogP contribution < -0.4 is 15.8 Å². The summed E-state index contributed by atoms with van der Waals surface area (Å²) in [7, 11) is 1.43. The number of nitrogens with zero attached hydrogens (tertiary/aromatic N) is 1. The van der Waals surface area contributed by atoms with E-state index in [2.05, 4.69) is 5.48 Å². The number of aromatic nitrogens is 1. The molecule has 0 amide bonds. The molecule has 0 atom stereocenters. The van der Waals surface area contributed by atoms with Crippen LogP contribution in [0, 0.1) is 0 Å². The first-order valence-corrected chi connectivity index (χ1v) is 8.23. The fourth-order valence-electron chi connectivity index (χ4n) is 3.09. The Bertz CT molecular complexity index is 946. The Labute approximate surface area is 154 Å². The predicted molar refractivity (Wildman–Crippen MR) is 94.2 cm³/mol. The van der Waals surface area contributed by atoms with Crippen LogP contribution in [-0.4, -0.2) is 23.8 Å². The minimum Gasteiger partial charge on any atom is -0.483 e. The summed E-state index contributed by atoms with van der Waals surface area (Å²) in [5.74, 6) is 0.278. The summed E-state index contributed by atoms with van der Waals surface area (Å²) < 4.78 is 47.1. The number of alkyl halides is 3. The maximum Gasteiger partial charge on any atom is 0.416 e. The molecule has 2 heterocycles. The quantitative estimate of drug-likeness (QED) is 0.826. The second-order valence-corrected chi connectivity index (χ2v) is 6.58. The number of halogens is 3. The van der Waals surface area contributed by atoms with Crippen molar-refractivity contribution < 1.29 is 22.7 Å². The first-order chi connectivity index (χ1) is 12.6. The maximum atomic E-state index is 13.3. The van der Waals surface area contributed by atoms with Crippen LogP contribution in [0.1, 0.15) is 25.0 Å². The van der Waals surface area contributed by atoms with Crippen molar-refractivity contribution >= 4 is 5.70 Å². The number of fused-ring (bicyclic) bond motifs is 1. The van der Waals surface area contributed by atoms with Gasteiger partial charge in [-0.15, -0.1) is 0 Å². The molecule has 0 saturated carbocycles. The first-order valence-electron chi connectivity index (χ1n) is 8.23. The Kier molecular flexibility index (Phi) is 4.88. The van der Waals surface area contributed by atoms with E-state index in [1.54, 1.807) is 26.0 Å². The molecule has 0 saturated heterocycles. The summed E-state index contributed by atoms with van der Waals surface area (Å²) in [5.41, 5.74) is 1.78. The normalized spacial score (nSPS) is 16.1. The van der Waals surface area contributed by atoms with Gasteiger partial charge in [0, 0.05) is 29.9 Å². The number of pyridine rings is 1. The molecule has 2 aromatic rings. The van der Waals surface area contributed by atoms with Crippen LogP contribution in [0.5, 0.6) is 5.75 Å². The molecule has 144 valence electrons. The number of nitrogens with one attached hydrogen (secondary N) is 1. The van der Waals surface area contributed by atoms with Gasteiger partial charge in [0.05, 0.1) is 18.4 Å². The van der Waals surface area contributed by atoms with Crippen molar-refractivity contribution in [2.75, 3.05) is 13.7 Å². The largest absolute Gasteiger partial charge is 0.483 e. The van der Waals surface area contributed by atoms with E-state index in [1.165, 1.54) is 30.0 Å². The minimum atomic E-state index is -4.51. The van der Waals surface area contributed by atoms with Gasteiger partial charge in [-0.05, 0) is 38.1 Å². The molecule has 8 heteroatoms. The first kappa shape index (κ1) is 19.2. The van der Waals surface area contributed by atoms with Crippen molar-refractivity contribution in [2.45, 2.75) is 25.6 Å². The number of hydrogen-bond donors (Lipinski definition) is 1. The third-order valence-electron chi connectivity index (χ3n) is 4.40. The van der Waals surface area contributed by atoms with E-state index in [4.69, 9.17) is 9.57 Å². The molecule has 1 aliphatic heterocycles. The van der Waals surface area contributed by atoms with Gasteiger partial charge in [-0.2, -0.15) is 18.7 Å². The number of hydroxylamine groups is 1. The van der Waals surface area contributed by atoms with Gasteiger partial charge in [-0.1, -0.05) is 6.07 Å². The van der Waals surface area contributed by atoms with E-state index in [1.807, 2.05) is 0 Å². The topological polar surface area (TPSA) is 52.5 Å². The van der Waals surface area contributed by atoms with Crippen LogP contribution in [0.4, 0.5) is 13.2 Å². The molecule has 0 aliphatic carbocycles. The third-order valence-corrected chi connectivity index (χ3v) is 4.40. The van der Waals surface area contributed by atoms with E-state index in [0.717, 1.165) is 12.1 Å². The van der Waals surface area contributed by atoms with Crippen LogP contribution >= 0.6 is 0 Å². The lowest BCUT2D eigenvalue weighted by molar-refractivity contribution is -0.137. The molecule has 0 unspecified atom stereocenters. The van der Waals surface area contributed by atoms with Crippen LogP contribution in [0.2, 0.25) is 0 Å². The van der Waals surface area contributed by atoms with E-state index in [9.17, 15) is 18.0 Å². The van der Waals surface area contributed by atoms with Crippen LogP contribution in [0.25, 0.3) is 5.70 Å². The molecule has 1 aliphatic rings. The number of rotatable bonds is 4. The van der Waals surface area contributed by atoms with E-state index in [0.29, 0.717) is 11.3 Å². The molecule has 0 fully saturated rings. The lowest BCUT2D eigenvalue weighted by Gasteiger charge is -2.37. The molecule has 3 rings (SSSR count). The zero-order valence-electron chi connectivity index (χ0n) is 15.1. The standard InChI is InChI=1S/C19H19F3N2O3/c1-18(2)14(11-23-26-3)17(24-9-5-4-6-16(24)25)13-10-12(19(20,21)22)7-8-15(13)27-18/h4-10,23H,11H2,1-3H3. The van der Waals surface area contributed by atoms with E-state index < -0.39 is 17.3 Å². The fraction of sp³-hybridized carbons (Fsp3) is 0.316. The Morgan fingerprint density at radius 2 is 1.96 bits per heavy atom. The minimum absolute atomic E-state index is 0.163. The van der Waals surface area contributed by atoms with Gasteiger partial charge in [-0.25, -0.2) is 0 Å². The molecular weight excluding hydrogens is 361 g/mol. The van der Waals surface area contributed by atoms with Gasteiger partial charge in [0.15, 0.2) is 0 Å². The molecule has 0 spiro atoms. The highest BCUT2D eigenvalue weighted by Gasteiger charge is 2.38. The smallest absolute Gasteiger partial charge is 0.416 e.